The van der Waals surface area contributed by atoms with E-state index < -0.39 is 0 Å². The number of hydrogen-bond acceptors (Lipinski definition) is 2. The largest absolute Gasteiger partial charge is 0.379 e. The van der Waals surface area contributed by atoms with Gasteiger partial charge in [-0.1, -0.05) is 155 Å². The van der Waals surface area contributed by atoms with Crippen molar-refractivity contribution in [2.75, 3.05) is 19.9 Å². The van der Waals surface area contributed by atoms with Crippen molar-refractivity contribution in [2.45, 2.75) is 156 Å². The van der Waals surface area contributed by atoms with Gasteiger partial charge in [-0.2, -0.15) is 0 Å². The molecule has 0 spiro atoms. The molecule has 0 N–H and O–H groups in total. The summed E-state index contributed by atoms with van der Waals surface area (Å²) in [5.41, 5.74) is 1.23. The van der Waals surface area contributed by atoms with Crippen molar-refractivity contribution in [1.82, 2.24) is 0 Å². The van der Waals surface area contributed by atoms with Gasteiger partial charge in [-0.15, -0.1) is 0 Å². The van der Waals surface area contributed by atoms with Crippen LogP contribution in [0.3, 0.4) is 0 Å². The lowest BCUT2D eigenvalue weighted by Crippen LogP contribution is -2.19. The fourth-order valence-corrected chi connectivity index (χ4v) is 4.06. The standard InChI is InChI=1S/C29H51FO2.2C2H6/c1-2-29(32-26-28-22-18-17-19-23-28)27-31-25-21-16-14-12-10-8-6-4-3-5-7-9-11-13-15-20-24-30;2*1-2/h17-19,22-23,29H,2-16,20-21,24-27H2,1H3;2*1-2H3. The number of hydrogen-bond donors (Lipinski definition) is 0. The first-order valence-electron chi connectivity index (χ1n) is 15.7. The maximum atomic E-state index is 12.0. The second-order valence-corrected chi connectivity index (χ2v) is 9.25. The second kappa shape index (κ2) is 34.1. The molecule has 0 heterocycles. The zero-order valence-electron chi connectivity index (χ0n) is 25.0. The first-order valence-corrected chi connectivity index (χ1v) is 15.7. The van der Waals surface area contributed by atoms with E-state index in [1.165, 1.54) is 95.5 Å². The van der Waals surface area contributed by atoms with E-state index in [-0.39, 0.29) is 12.8 Å². The van der Waals surface area contributed by atoms with Crippen LogP contribution in [0.1, 0.15) is 149 Å². The molecule has 0 fully saturated rings. The lowest BCUT2D eigenvalue weighted by Gasteiger charge is -2.16. The molecule has 0 amide bonds. The summed E-state index contributed by atoms with van der Waals surface area (Å²) in [6.07, 6.45) is 21.8. The van der Waals surface area contributed by atoms with Crippen molar-refractivity contribution in [1.29, 1.82) is 0 Å². The zero-order valence-corrected chi connectivity index (χ0v) is 25.0. The zero-order chi connectivity index (χ0) is 27.0. The van der Waals surface area contributed by atoms with Crippen molar-refractivity contribution < 1.29 is 13.9 Å². The fraction of sp³-hybridized carbons (Fsp3) is 0.818. The van der Waals surface area contributed by atoms with Crippen molar-refractivity contribution in [2.24, 2.45) is 0 Å². The summed E-state index contributed by atoms with van der Waals surface area (Å²) >= 11 is 0. The van der Waals surface area contributed by atoms with Gasteiger partial charge in [-0.25, -0.2) is 0 Å². The average Bonchev–Trinajstić information content (AvgIpc) is 2.94. The number of ether oxygens (including phenoxy) is 2. The molecule has 0 aliphatic rings. The minimum Gasteiger partial charge on any atom is -0.379 e. The Morgan fingerprint density at radius 3 is 1.44 bits per heavy atom. The summed E-state index contributed by atoms with van der Waals surface area (Å²) in [5.74, 6) is 0. The molecule has 2 nitrogen and oxygen atoms in total. The Morgan fingerprint density at radius 2 is 1.03 bits per heavy atom. The molecular weight excluding hydrogens is 447 g/mol. The third kappa shape index (κ3) is 27.7. The van der Waals surface area contributed by atoms with Crippen LogP contribution in [0.4, 0.5) is 4.39 Å². The van der Waals surface area contributed by atoms with Gasteiger partial charge >= 0.3 is 0 Å². The van der Waals surface area contributed by atoms with Gasteiger partial charge in [0.2, 0.25) is 0 Å². The second-order valence-electron chi connectivity index (χ2n) is 9.25. The molecule has 0 saturated carbocycles. The first kappa shape index (κ1) is 37.2. The van der Waals surface area contributed by atoms with Crippen LogP contribution in [-0.2, 0) is 16.1 Å². The van der Waals surface area contributed by atoms with Crippen molar-refractivity contribution in [3.8, 4) is 0 Å². The third-order valence-electron chi connectivity index (χ3n) is 6.26. The molecule has 1 unspecified atom stereocenters. The predicted molar refractivity (Wildman–Crippen MR) is 159 cm³/mol. The smallest absolute Gasteiger partial charge is 0.0894 e. The number of halogens is 1. The summed E-state index contributed by atoms with van der Waals surface area (Å²) in [6.45, 7) is 12.3. The van der Waals surface area contributed by atoms with Crippen LogP contribution in [-0.4, -0.2) is 26.0 Å². The molecule has 0 aliphatic heterocycles. The van der Waals surface area contributed by atoms with Crippen LogP contribution in [0.2, 0.25) is 0 Å². The minimum atomic E-state index is -0.139. The van der Waals surface area contributed by atoms with E-state index in [2.05, 4.69) is 31.2 Å². The molecule has 0 radical (unpaired) electrons. The molecule has 0 aromatic heterocycles. The highest BCUT2D eigenvalue weighted by atomic mass is 19.1. The Labute approximate surface area is 226 Å². The monoisotopic (exact) mass is 510 g/mol. The minimum absolute atomic E-state index is 0.139. The Hall–Kier alpha value is -0.930. The van der Waals surface area contributed by atoms with Gasteiger partial charge in [0.05, 0.1) is 26.0 Å². The lowest BCUT2D eigenvalue weighted by atomic mass is 10.0. The van der Waals surface area contributed by atoms with Gasteiger partial charge in [0, 0.05) is 6.61 Å². The van der Waals surface area contributed by atoms with E-state index in [0.717, 1.165) is 25.9 Å². The van der Waals surface area contributed by atoms with E-state index in [1.54, 1.807) is 0 Å². The Balaban J connectivity index is 0. The maximum Gasteiger partial charge on any atom is 0.0894 e. The van der Waals surface area contributed by atoms with Crippen LogP contribution in [0.5, 0.6) is 0 Å². The molecule has 0 bridgehead atoms. The van der Waals surface area contributed by atoms with Crippen LogP contribution in [0, 0.1) is 0 Å². The Morgan fingerprint density at radius 1 is 0.611 bits per heavy atom. The number of alkyl halides is 1. The highest BCUT2D eigenvalue weighted by Gasteiger charge is 2.07. The van der Waals surface area contributed by atoms with Gasteiger partial charge in [0.1, 0.15) is 0 Å². The van der Waals surface area contributed by atoms with Gasteiger partial charge < -0.3 is 9.47 Å². The molecule has 1 rings (SSSR count). The first-order chi connectivity index (χ1) is 17.9. The van der Waals surface area contributed by atoms with E-state index in [1.807, 2.05) is 33.8 Å². The Bertz CT molecular complexity index is 480. The van der Waals surface area contributed by atoms with Crippen molar-refractivity contribution >= 4 is 0 Å². The summed E-state index contributed by atoms with van der Waals surface area (Å²) in [6, 6.07) is 10.4. The highest BCUT2D eigenvalue weighted by molar-refractivity contribution is 5.13. The summed E-state index contributed by atoms with van der Waals surface area (Å²) in [7, 11) is 0. The average molecular weight is 511 g/mol. The Kier molecular flexibility index (Phi) is 35.2. The van der Waals surface area contributed by atoms with E-state index in [4.69, 9.17) is 9.47 Å². The molecule has 0 saturated heterocycles. The van der Waals surface area contributed by atoms with Crippen LogP contribution in [0.15, 0.2) is 30.3 Å². The molecule has 214 valence electrons. The SMILES string of the molecule is CC.CC.CCC(COCCCCCCCCCCCCCCCCCCF)OCc1ccccc1. The molecule has 3 heteroatoms. The number of benzene rings is 1. The van der Waals surface area contributed by atoms with Crippen molar-refractivity contribution in [3.63, 3.8) is 0 Å². The number of unbranched alkanes of at least 4 members (excludes halogenated alkanes) is 15. The van der Waals surface area contributed by atoms with Gasteiger partial charge in [0.25, 0.3) is 0 Å². The molecule has 0 aliphatic carbocycles. The normalized spacial score (nSPS) is 11.3. The third-order valence-corrected chi connectivity index (χ3v) is 6.26. The highest BCUT2D eigenvalue weighted by Crippen LogP contribution is 2.14. The summed E-state index contributed by atoms with van der Waals surface area (Å²) in [4.78, 5) is 0. The fourth-order valence-electron chi connectivity index (χ4n) is 4.06. The summed E-state index contributed by atoms with van der Waals surface area (Å²) in [5, 5.41) is 0. The van der Waals surface area contributed by atoms with E-state index in [0.29, 0.717) is 13.2 Å². The lowest BCUT2D eigenvalue weighted by molar-refractivity contribution is -0.0269. The van der Waals surface area contributed by atoms with E-state index in [9.17, 15) is 4.39 Å². The van der Waals surface area contributed by atoms with Crippen LogP contribution < -0.4 is 0 Å². The van der Waals surface area contributed by atoms with Gasteiger partial charge in [-0.3, -0.25) is 4.39 Å². The topological polar surface area (TPSA) is 18.5 Å². The molecule has 1 atom stereocenters. The number of rotatable bonds is 24. The molecule has 36 heavy (non-hydrogen) atoms. The molecular formula is C33H63FO2. The predicted octanol–water partition coefficient (Wildman–Crippen LogP) is 11.3. The molecule has 1 aromatic carbocycles. The van der Waals surface area contributed by atoms with E-state index >= 15 is 0 Å². The molecule has 1 aromatic rings. The van der Waals surface area contributed by atoms with Crippen LogP contribution >= 0.6 is 0 Å². The van der Waals surface area contributed by atoms with Gasteiger partial charge in [0.15, 0.2) is 0 Å². The van der Waals surface area contributed by atoms with Crippen molar-refractivity contribution in [3.05, 3.63) is 35.9 Å². The summed E-state index contributed by atoms with van der Waals surface area (Å²) < 4.78 is 23.8. The van der Waals surface area contributed by atoms with Crippen LogP contribution in [0.25, 0.3) is 0 Å². The quantitative estimate of drug-likeness (QED) is 0.129. The maximum absolute atomic E-state index is 12.0. The van der Waals surface area contributed by atoms with Gasteiger partial charge in [-0.05, 0) is 24.8 Å².